The zero-order valence-electron chi connectivity index (χ0n) is 9.40. The summed E-state index contributed by atoms with van der Waals surface area (Å²) < 4.78 is 1.80. The summed E-state index contributed by atoms with van der Waals surface area (Å²) in [5.74, 6) is 0.471. The third-order valence-corrected chi connectivity index (χ3v) is 3.27. The maximum absolute atomic E-state index is 11.5. The van der Waals surface area contributed by atoms with Gasteiger partial charge in [0, 0.05) is 32.3 Å². The number of carbonyl (C=O) groups excluding carboxylic acids is 1. The Balaban J connectivity index is 2.04. The van der Waals surface area contributed by atoms with Crippen LogP contribution in [0.5, 0.6) is 0 Å². The Hall–Kier alpha value is -1.03. The lowest BCUT2D eigenvalue weighted by atomic mass is 9.95. The van der Waals surface area contributed by atoms with E-state index in [0.29, 0.717) is 5.92 Å². The van der Waals surface area contributed by atoms with Crippen molar-refractivity contribution >= 4 is 17.5 Å². The van der Waals surface area contributed by atoms with E-state index in [1.807, 2.05) is 24.2 Å². The molecule has 1 aromatic heterocycles. The van der Waals surface area contributed by atoms with Crippen LogP contribution in [0.3, 0.4) is 0 Å². The minimum Gasteiger partial charge on any atom is -0.341 e. The molecular formula is C11H16ClN3O. The van der Waals surface area contributed by atoms with E-state index in [9.17, 15) is 4.79 Å². The summed E-state index contributed by atoms with van der Waals surface area (Å²) in [4.78, 5) is 13.4. The van der Waals surface area contributed by atoms with E-state index in [4.69, 9.17) is 11.6 Å². The van der Waals surface area contributed by atoms with Crippen molar-refractivity contribution in [2.45, 2.75) is 18.8 Å². The number of nitrogens with zero attached hydrogens (tertiary/aromatic N) is 3. The molecule has 16 heavy (non-hydrogen) atoms. The summed E-state index contributed by atoms with van der Waals surface area (Å²) in [6.07, 6.45) is 4.07. The fourth-order valence-corrected chi connectivity index (χ4v) is 2.35. The Labute approximate surface area is 100 Å². The van der Waals surface area contributed by atoms with Crippen LogP contribution in [0.2, 0.25) is 0 Å². The predicted octanol–water partition coefficient (Wildman–Crippen LogP) is 1.36. The molecule has 4 nitrogen and oxygen atoms in total. The monoisotopic (exact) mass is 241 g/mol. The second-order valence-corrected chi connectivity index (χ2v) is 4.49. The molecule has 1 unspecified atom stereocenters. The van der Waals surface area contributed by atoms with Crippen molar-refractivity contribution in [3.63, 3.8) is 0 Å². The van der Waals surface area contributed by atoms with Gasteiger partial charge in [-0.25, -0.2) is 0 Å². The van der Waals surface area contributed by atoms with Crippen molar-refractivity contribution in [3.05, 3.63) is 18.0 Å². The Morgan fingerprint density at radius 1 is 1.69 bits per heavy atom. The van der Waals surface area contributed by atoms with Gasteiger partial charge in [0.25, 0.3) is 0 Å². The lowest BCUT2D eigenvalue weighted by molar-refractivity contribution is -0.129. The van der Waals surface area contributed by atoms with E-state index >= 15 is 0 Å². The smallest absolute Gasteiger partial charge is 0.237 e. The molecular weight excluding hydrogens is 226 g/mol. The van der Waals surface area contributed by atoms with E-state index in [0.717, 1.165) is 31.6 Å². The lowest BCUT2D eigenvalue weighted by Crippen LogP contribution is -2.39. The van der Waals surface area contributed by atoms with Gasteiger partial charge >= 0.3 is 0 Å². The molecule has 1 amide bonds. The molecule has 0 aliphatic carbocycles. The maximum Gasteiger partial charge on any atom is 0.237 e. The summed E-state index contributed by atoms with van der Waals surface area (Å²) in [7, 11) is 1.91. The number of aryl methyl sites for hydroxylation is 1. The third kappa shape index (κ3) is 2.38. The summed E-state index contributed by atoms with van der Waals surface area (Å²) >= 11 is 5.57. The molecule has 0 spiro atoms. The molecule has 0 bridgehead atoms. The highest BCUT2D eigenvalue weighted by Crippen LogP contribution is 2.25. The number of hydrogen-bond donors (Lipinski definition) is 0. The highest BCUT2D eigenvalue weighted by Gasteiger charge is 2.25. The first-order chi connectivity index (χ1) is 7.70. The molecule has 0 N–H and O–H groups in total. The van der Waals surface area contributed by atoms with Gasteiger partial charge in [0.1, 0.15) is 5.88 Å². The number of alkyl halides is 1. The average Bonchev–Trinajstić information content (AvgIpc) is 2.75. The largest absolute Gasteiger partial charge is 0.341 e. The molecule has 1 fully saturated rings. The van der Waals surface area contributed by atoms with Crippen LogP contribution in [0.4, 0.5) is 0 Å². The molecule has 0 radical (unpaired) electrons. The van der Waals surface area contributed by atoms with E-state index in [2.05, 4.69) is 5.10 Å². The van der Waals surface area contributed by atoms with Crippen molar-refractivity contribution in [2.75, 3.05) is 19.0 Å². The molecule has 0 aromatic carbocycles. The molecule has 1 saturated heterocycles. The van der Waals surface area contributed by atoms with E-state index < -0.39 is 0 Å². The van der Waals surface area contributed by atoms with Crippen LogP contribution in [0.1, 0.15) is 24.5 Å². The lowest BCUT2D eigenvalue weighted by Gasteiger charge is -2.31. The molecule has 1 atom stereocenters. The predicted molar refractivity (Wildman–Crippen MR) is 62.5 cm³/mol. The maximum atomic E-state index is 11.5. The Kier molecular flexibility index (Phi) is 3.49. The third-order valence-electron chi connectivity index (χ3n) is 3.04. The zero-order chi connectivity index (χ0) is 11.5. The van der Waals surface area contributed by atoms with Crippen LogP contribution in [-0.2, 0) is 11.8 Å². The van der Waals surface area contributed by atoms with Crippen LogP contribution in [-0.4, -0.2) is 39.6 Å². The van der Waals surface area contributed by atoms with Crippen LogP contribution in [0, 0.1) is 0 Å². The molecule has 1 aliphatic rings. The highest BCUT2D eigenvalue weighted by molar-refractivity contribution is 6.27. The molecule has 1 aliphatic heterocycles. The zero-order valence-corrected chi connectivity index (χ0v) is 10.2. The molecule has 2 rings (SSSR count). The van der Waals surface area contributed by atoms with Crippen molar-refractivity contribution in [1.29, 1.82) is 0 Å². The van der Waals surface area contributed by atoms with E-state index in [-0.39, 0.29) is 11.8 Å². The van der Waals surface area contributed by atoms with Crippen molar-refractivity contribution in [1.82, 2.24) is 14.7 Å². The van der Waals surface area contributed by atoms with Gasteiger partial charge in [0.15, 0.2) is 0 Å². The number of halogens is 1. The standard InChI is InChI=1S/C11H16ClN3O/c1-14-6-4-10(13-14)9-3-2-5-15(8-9)11(16)7-12/h4,6,9H,2-3,5,7-8H2,1H3. The first-order valence-electron chi connectivity index (χ1n) is 5.54. The van der Waals surface area contributed by atoms with Crippen molar-refractivity contribution in [2.24, 2.45) is 7.05 Å². The number of piperidine rings is 1. The van der Waals surface area contributed by atoms with Crippen molar-refractivity contribution < 1.29 is 4.79 Å². The topological polar surface area (TPSA) is 38.1 Å². The number of likely N-dealkylation sites (tertiary alicyclic amines) is 1. The summed E-state index contributed by atoms with van der Waals surface area (Å²) in [6, 6.07) is 2.03. The first kappa shape index (κ1) is 11.5. The highest BCUT2D eigenvalue weighted by atomic mass is 35.5. The molecule has 88 valence electrons. The van der Waals surface area contributed by atoms with Gasteiger partial charge in [-0.2, -0.15) is 5.10 Å². The van der Waals surface area contributed by atoms with Gasteiger partial charge in [-0.3, -0.25) is 9.48 Å². The molecule has 5 heteroatoms. The Morgan fingerprint density at radius 2 is 2.50 bits per heavy atom. The SMILES string of the molecule is Cn1ccc(C2CCCN(C(=O)CCl)C2)n1. The summed E-state index contributed by atoms with van der Waals surface area (Å²) in [5, 5.41) is 4.40. The Bertz CT molecular complexity index is 377. The number of aromatic nitrogens is 2. The van der Waals surface area contributed by atoms with Gasteiger partial charge in [-0.15, -0.1) is 11.6 Å². The van der Waals surface area contributed by atoms with E-state index in [1.54, 1.807) is 4.68 Å². The quantitative estimate of drug-likeness (QED) is 0.734. The van der Waals surface area contributed by atoms with Gasteiger partial charge in [0.2, 0.25) is 5.91 Å². The number of amides is 1. The van der Waals surface area contributed by atoms with Gasteiger partial charge in [-0.05, 0) is 18.9 Å². The summed E-state index contributed by atoms with van der Waals surface area (Å²) in [6.45, 7) is 1.58. The minimum absolute atomic E-state index is 0.0299. The van der Waals surface area contributed by atoms with Crippen LogP contribution in [0.25, 0.3) is 0 Å². The number of carbonyl (C=O) groups is 1. The van der Waals surface area contributed by atoms with E-state index in [1.165, 1.54) is 0 Å². The fourth-order valence-electron chi connectivity index (χ4n) is 2.18. The second-order valence-electron chi connectivity index (χ2n) is 4.23. The molecule has 0 saturated carbocycles. The molecule has 1 aromatic rings. The van der Waals surface area contributed by atoms with Gasteiger partial charge in [0.05, 0.1) is 5.69 Å². The van der Waals surface area contributed by atoms with Crippen molar-refractivity contribution in [3.8, 4) is 0 Å². The fraction of sp³-hybridized carbons (Fsp3) is 0.636. The second kappa shape index (κ2) is 4.87. The normalized spacial score (nSPS) is 21.1. The van der Waals surface area contributed by atoms with Gasteiger partial charge < -0.3 is 4.90 Å². The van der Waals surface area contributed by atoms with Crippen LogP contribution < -0.4 is 0 Å². The van der Waals surface area contributed by atoms with Crippen LogP contribution in [0.15, 0.2) is 12.3 Å². The van der Waals surface area contributed by atoms with Crippen LogP contribution >= 0.6 is 11.6 Å². The molecule has 2 heterocycles. The Morgan fingerprint density at radius 3 is 3.12 bits per heavy atom. The number of rotatable bonds is 2. The number of hydrogen-bond acceptors (Lipinski definition) is 2. The first-order valence-corrected chi connectivity index (χ1v) is 6.07. The van der Waals surface area contributed by atoms with Gasteiger partial charge in [-0.1, -0.05) is 0 Å². The minimum atomic E-state index is 0.0299. The average molecular weight is 242 g/mol. The summed E-state index contributed by atoms with van der Waals surface area (Å²) in [5.41, 5.74) is 1.08.